The standard InChI is InChI=1S/C17H19N3O3S/c1-24(22,23)20-11-9-19(10-12-20)17(21)15-6-4-5-14(13-15)16-7-2-3-8-18-16/h2-8,13H,9-12H2,1H3. The molecule has 1 atom stereocenters. The number of sulfonamides is 1. The van der Waals surface area contributed by atoms with Crippen LogP contribution in [-0.2, 0) is 14.6 Å². The quantitative estimate of drug-likeness (QED) is 0.793. The minimum Gasteiger partial charge on any atom is -0.598 e. The van der Waals surface area contributed by atoms with Crippen LogP contribution in [0.25, 0.3) is 11.3 Å². The predicted molar refractivity (Wildman–Crippen MR) is 91.9 cm³/mol. The van der Waals surface area contributed by atoms with Gasteiger partial charge in [-0.1, -0.05) is 22.4 Å². The molecule has 2 aromatic rings. The molecular formula is C17H19N3O3S. The summed E-state index contributed by atoms with van der Waals surface area (Å²) in [6.07, 6.45) is 2.91. The molecule has 1 aliphatic heterocycles. The maximum Gasteiger partial charge on any atom is 0.253 e. The number of rotatable bonds is 3. The smallest absolute Gasteiger partial charge is 0.253 e. The van der Waals surface area contributed by atoms with E-state index in [-0.39, 0.29) is 5.91 Å². The Balaban J connectivity index is 1.74. The molecule has 1 aliphatic rings. The highest BCUT2D eigenvalue weighted by atomic mass is 32.3. The van der Waals surface area contributed by atoms with E-state index < -0.39 is 10.4 Å². The molecule has 126 valence electrons. The highest BCUT2D eigenvalue weighted by Gasteiger charge is 2.29. The molecule has 0 saturated carbocycles. The monoisotopic (exact) mass is 345 g/mol. The Hall–Kier alpha value is -2.09. The summed E-state index contributed by atoms with van der Waals surface area (Å²) in [6, 6.07) is 13.0. The first-order valence-electron chi connectivity index (χ1n) is 7.71. The molecule has 1 aromatic carbocycles. The maximum atomic E-state index is 12.7. The fourth-order valence-electron chi connectivity index (χ4n) is 2.75. The van der Waals surface area contributed by atoms with Crippen molar-refractivity contribution < 1.29 is 13.6 Å². The summed E-state index contributed by atoms with van der Waals surface area (Å²) >= 11 is 0. The lowest BCUT2D eigenvalue weighted by molar-refractivity contribution is 0.0693. The molecule has 7 heteroatoms. The minimum absolute atomic E-state index is 0.0825. The molecule has 1 aromatic heterocycles. The van der Waals surface area contributed by atoms with E-state index in [0.29, 0.717) is 31.7 Å². The van der Waals surface area contributed by atoms with Gasteiger partial charge in [-0.05, 0) is 24.3 Å². The maximum absolute atomic E-state index is 12.7. The average molecular weight is 345 g/mol. The molecule has 2 heterocycles. The molecule has 3 rings (SSSR count). The number of amides is 1. The Labute approximate surface area is 142 Å². The van der Waals surface area contributed by atoms with Crippen molar-refractivity contribution in [3.05, 3.63) is 54.2 Å². The topological polar surface area (TPSA) is 76.6 Å². The van der Waals surface area contributed by atoms with Crippen LogP contribution < -0.4 is 0 Å². The van der Waals surface area contributed by atoms with E-state index in [1.807, 2.05) is 36.4 Å². The summed E-state index contributed by atoms with van der Waals surface area (Å²) in [5, 5.41) is 0. The average Bonchev–Trinajstić information content (AvgIpc) is 2.61. The molecule has 0 bridgehead atoms. The normalized spacial score (nSPS) is 18.2. The van der Waals surface area contributed by atoms with Gasteiger partial charge in [0.15, 0.2) is 0 Å². The second-order valence-electron chi connectivity index (χ2n) is 5.75. The Kier molecular flexibility index (Phi) is 4.75. The highest BCUT2D eigenvalue weighted by Crippen LogP contribution is 2.19. The third kappa shape index (κ3) is 3.69. The van der Waals surface area contributed by atoms with Gasteiger partial charge in [0.05, 0.1) is 18.8 Å². The lowest BCUT2D eigenvalue weighted by atomic mass is 10.1. The molecule has 1 unspecified atom stereocenters. The highest BCUT2D eigenvalue weighted by molar-refractivity contribution is 7.94. The first kappa shape index (κ1) is 16.8. The van der Waals surface area contributed by atoms with E-state index in [1.165, 1.54) is 10.6 Å². The molecule has 0 spiro atoms. The molecule has 1 fully saturated rings. The number of benzene rings is 1. The molecule has 6 nitrogen and oxygen atoms in total. The van der Waals surface area contributed by atoms with Gasteiger partial charge in [0.2, 0.25) is 0 Å². The van der Waals surface area contributed by atoms with Crippen molar-refractivity contribution in [3.63, 3.8) is 0 Å². The van der Waals surface area contributed by atoms with Gasteiger partial charge in [-0.3, -0.25) is 9.78 Å². The van der Waals surface area contributed by atoms with E-state index in [2.05, 4.69) is 4.98 Å². The number of hydrogen-bond acceptors (Lipinski definition) is 4. The van der Waals surface area contributed by atoms with E-state index in [9.17, 15) is 13.6 Å². The molecule has 1 amide bonds. The summed E-state index contributed by atoms with van der Waals surface area (Å²) < 4.78 is 24.5. The number of pyridine rings is 1. The van der Waals surface area contributed by atoms with Crippen LogP contribution in [0.1, 0.15) is 10.4 Å². The van der Waals surface area contributed by atoms with Gasteiger partial charge in [-0.2, -0.15) is 0 Å². The zero-order valence-electron chi connectivity index (χ0n) is 13.4. The number of carbonyl (C=O) groups excluding carboxylic acids is 1. The summed E-state index contributed by atoms with van der Waals surface area (Å²) in [7, 11) is -3.20. The third-order valence-electron chi connectivity index (χ3n) is 4.07. The van der Waals surface area contributed by atoms with Gasteiger partial charge < -0.3 is 9.45 Å². The van der Waals surface area contributed by atoms with Crippen molar-refractivity contribution in [1.82, 2.24) is 14.2 Å². The van der Waals surface area contributed by atoms with E-state index in [4.69, 9.17) is 0 Å². The van der Waals surface area contributed by atoms with Crippen LogP contribution in [0.4, 0.5) is 0 Å². The van der Waals surface area contributed by atoms with Gasteiger partial charge in [-0.25, -0.2) is 0 Å². The number of nitrogens with zero attached hydrogens (tertiary/aromatic N) is 3. The first-order valence-corrected chi connectivity index (χ1v) is 9.56. The number of carbonyl (C=O) groups is 1. The van der Waals surface area contributed by atoms with Crippen LogP contribution in [-0.4, -0.2) is 57.1 Å². The molecule has 0 aliphatic carbocycles. The number of piperazine rings is 1. The summed E-state index contributed by atoms with van der Waals surface area (Å²) in [5.74, 6) is -0.0825. The van der Waals surface area contributed by atoms with Crippen LogP contribution in [0.3, 0.4) is 0 Å². The zero-order chi connectivity index (χ0) is 17.2. The minimum atomic E-state index is -3.20. The molecular weight excluding hydrogens is 326 g/mol. The van der Waals surface area contributed by atoms with Crippen molar-refractivity contribution in [2.75, 3.05) is 32.4 Å². The van der Waals surface area contributed by atoms with Gasteiger partial charge in [0, 0.05) is 30.4 Å². The lowest BCUT2D eigenvalue weighted by Gasteiger charge is -2.34. The first-order chi connectivity index (χ1) is 11.4. The van der Waals surface area contributed by atoms with E-state index >= 15 is 0 Å². The van der Waals surface area contributed by atoms with Crippen LogP contribution in [0.15, 0.2) is 48.7 Å². The van der Waals surface area contributed by atoms with Crippen LogP contribution in [0.5, 0.6) is 0 Å². The van der Waals surface area contributed by atoms with Gasteiger partial charge in [-0.15, -0.1) is 4.31 Å². The summed E-state index contributed by atoms with van der Waals surface area (Å²) in [6.45, 7) is 1.48. The van der Waals surface area contributed by atoms with Crippen LogP contribution >= 0.6 is 0 Å². The third-order valence-corrected chi connectivity index (χ3v) is 5.37. The molecule has 1 saturated heterocycles. The molecule has 0 N–H and O–H groups in total. The van der Waals surface area contributed by atoms with Crippen molar-refractivity contribution in [2.45, 2.75) is 0 Å². The van der Waals surface area contributed by atoms with Gasteiger partial charge >= 0.3 is 0 Å². The summed E-state index contributed by atoms with van der Waals surface area (Å²) in [5.41, 5.74) is 2.29. The number of hydrogen-bond donors (Lipinski definition) is 0. The van der Waals surface area contributed by atoms with Crippen LogP contribution in [0.2, 0.25) is 0 Å². The van der Waals surface area contributed by atoms with Crippen LogP contribution in [0, 0.1) is 0 Å². The number of aromatic nitrogens is 1. The van der Waals surface area contributed by atoms with Crippen molar-refractivity contribution >= 4 is 16.3 Å². The van der Waals surface area contributed by atoms with Crippen molar-refractivity contribution in [3.8, 4) is 11.3 Å². The summed E-state index contributed by atoms with van der Waals surface area (Å²) in [4.78, 5) is 18.7. The van der Waals surface area contributed by atoms with Crippen molar-refractivity contribution in [1.29, 1.82) is 0 Å². The Morgan fingerprint density at radius 1 is 1.12 bits per heavy atom. The fourth-order valence-corrected chi connectivity index (χ4v) is 3.58. The molecule has 0 radical (unpaired) electrons. The zero-order valence-corrected chi connectivity index (χ0v) is 14.2. The Morgan fingerprint density at radius 2 is 1.88 bits per heavy atom. The predicted octanol–water partition coefficient (Wildman–Crippen LogP) is 1.68. The van der Waals surface area contributed by atoms with E-state index in [0.717, 1.165) is 11.3 Å². The second kappa shape index (κ2) is 6.80. The Morgan fingerprint density at radius 3 is 2.50 bits per heavy atom. The lowest BCUT2D eigenvalue weighted by Crippen LogP contribution is -2.51. The fraction of sp³-hybridized carbons (Fsp3) is 0.294. The largest absolute Gasteiger partial charge is 0.598 e. The molecule has 24 heavy (non-hydrogen) atoms. The SMILES string of the molecule is C[S+](=O)([O-])N1CCN(C(=O)c2cccc(-c3ccccn3)c2)CC1. The van der Waals surface area contributed by atoms with Gasteiger partial charge in [0.25, 0.3) is 5.91 Å². The Bertz CT molecular complexity index is 768. The second-order valence-corrected chi connectivity index (χ2v) is 7.73. The van der Waals surface area contributed by atoms with Crippen molar-refractivity contribution in [2.24, 2.45) is 0 Å². The van der Waals surface area contributed by atoms with E-state index in [1.54, 1.807) is 17.2 Å². The van der Waals surface area contributed by atoms with Gasteiger partial charge in [0.1, 0.15) is 16.7 Å².